The Kier molecular flexibility index (Phi) is 6.11. The van der Waals surface area contributed by atoms with Gasteiger partial charge < -0.3 is 21.5 Å². The van der Waals surface area contributed by atoms with Crippen LogP contribution in [0.4, 0.5) is 4.79 Å². The Labute approximate surface area is 111 Å². The van der Waals surface area contributed by atoms with Gasteiger partial charge in [0.2, 0.25) is 5.91 Å². The predicted molar refractivity (Wildman–Crippen MR) is 68.4 cm³/mol. The fraction of sp³-hybridized carbons (Fsp3) is 0.750. The smallest absolute Gasteiger partial charge is 0.326 e. The molecule has 1 atom stereocenters. The van der Waals surface area contributed by atoms with E-state index in [1.807, 2.05) is 0 Å². The largest absolute Gasteiger partial charge is 0.480 e. The molecule has 3 amide bonds. The van der Waals surface area contributed by atoms with Crippen LogP contribution in [0.15, 0.2) is 0 Å². The monoisotopic (exact) mass is 271 g/mol. The third-order valence-corrected chi connectivity index (χ3v) is 3.20. The number of carbonyl (C=O) groups excluding carboxylic acids is 2. The van der Waals surface area contributed by atoms with Crippen LogP contribution in [-0.2, 0) is 9.59 Å². The number of rotatable bonds is 5. The van der Waals surface area contributed by atoms with Crippen molar-refractivity contribution in [3.8, 4) is 0 Å². The highest BCUT2D eigenvalue weighted by atomic mass is 16.4. The van der Waals surface area contributed by atoms with Gasteiger partial charge in [0.05, 0.1) is 6.42 Å². The Bertz CT molecular complexity index is 338. The minimum Gasteiger partial charge on any atom is -0.480 e. The Hall–Kier alpha value is -1.79. The molecule has 7 nitrogen and oxygen atoms in total. The van der Waals surface area contributed by atoms with E-state index in [1.165, 1.54) is 12.8 Å². The van der Waals surface area contributed by atoms with E-state index in [0.717, 1.165) is 25.7 Å². The fourth-order valence-corrected chi connectivity index (χ4v) is 2.21. The highest BCUT2D eigenvalue weighted by molar-refractivity contribution is 5.87. The van der Waals surface area contributed by atoms with Gasteiger partial charge in [-0.1, -0.05) is 25.7 Å². The first kappa shape index (κ1) is 15.3. The van der Waals surface area contributed by atoms with Crippen molar-refractivity contribution in [1.82, 2.24) is 10.6 Å². The van der Waals surface area contributed by atoms with E-state index in [-0.39, 0.29) is 6.04 Å². The molecule has 0 aromatic carbocycles. The summed E-state index contributed by atoms with van der Waals surface area (Å²) in [4.78, 5) is 33.3. The molecule has 0 aliphatic heterocycles. The van der Waals surface area contributed by atoms with Gasteiger partial charge in [0, 0.05) is 6.04 Å². The van der Waals surface area contributed by atoms with Gasteiger partial charge in [-0.25, -0.2) is 9.59 Å². The van der Waals surface area contributed by atoms with E-state index in [1.54, 1.807) is 0 Å². The lowest BCUT2D eigenvalue weighted by Crippen LogP contribution is -2.50. The molecule has 0 heterocycles. The summed E-state index contributed by atoms with van der Waals surface area (Å²) in [7, 11) is 0. The molecule has 5 N–H and O–H groups in total. The SMILES string of the molecule is NC(=O)CC(NC(=O)NC1CCCCCC1)C(=O)O. The third-order valence-electron chi connectivity index (χ3n) is 3.20. The summed E-state index contributed by atoms with van der Waals surface area (Å²) < 4.78 is 0. The summed E-state index contributed by atoms with van der Waals surface area (Å²) in [5.41, 5.74) is 4.94. The van der Waals surface area contributed by atoms with Gasteiger partial charge in [0.15, 0.2) is 0 Å². The predicted octanol–water partition coefficient (Wildman–Crippen LogP) is 0.337. The highest BCUT2D eigenvalue weighted by Crippen LogP contribution is 2.17. The van der Waals surface area contributed by atoms with E-state index in [4.69, 9.17) is 10.8 Å². The molecule has 1 rings (SSSR count). The molecule has 0 radical (unpaired) electrons. The highest BCUT2D eigenvalue weighted by Gasteiger charge is 2.23. The number of aliphatic carboxylic acids is 1. The van der Waals surface area contributed by atoms with Gasteiger partial charge in [-0.05, 0) is 12.8 Å². The molecule has 0 bridgehead atoms. The molecule has 7 heteroatoms. The molecule has 1 fully saturated rings. The average Bonchev–Trinajstić information content (AvgIpc) is 2.56. The van der Waals surface area contributed by atoms with Crippen LogP contribution in [0.2, 0.25) is 0 Å². The maximum absolute atomic E-state index is 11.7. The van der Waals surface area contributed by atoms with Crippen LogP contribution in [0.1, 0.15) is 44.9 Å². The Morgan fingerprint density at radius 3 is 2.21 bits per heavy atom. The zero-order valence-electron chi connectivity index (χ0n) is 10.9. The van der Waals surface area contributed by atoms with Crippen LogP contribution in [0, 0.1) is 0 Å². The normalized spacial score (nSPS) is 18.1. The van der Waals surface area contributed by atoms with Crippen molar-refractivity contribution >= 4 is 17.9 Å². The van der Waals surface area contributed by atoms with Crippen molar-refractivity contribution in [1.29, 1.82) is 0 Å². The summed E-state index contributed by atoms with van der Waals surface area (Å²) in [5.74, 6) is -2.03. The van der Waals surface area contributed by atoms with E-state index < -0.39 is 30.4 Å². The number of primary amides is 1. The second-order valence-corrected chi connectivity index (χ2v) is 4.87. The molecule has 0 saturated heterocycles. The lowest BCUT2D eigenvalue weighted by atomic mass is 10.1. The second-order valence-electron chi connectivity index (χ2n) is 4.87. The molecular weight excluding hydrogens is 250 g/mol. The fourth-order valence-electron chi connectivity index (χ4n) is 2.21. The van der Waals surface area contributed by atoms with Gasteiger partial charge in [-0.3, -0.25) is 4.79 Å². The number of amides is 3. The molecule has 0 aromatic rings. The number of hydrogen-bond donors (Lipinski definition) is 4. The first-order valence-electron chi connectivity index (χ1n) is 6.57. The van der Waals surface area contributed by atoms with Gasteiger partial charge in [0.1, 0.15) is 6.04 Å². The van der Waals surface area contributed by atoms with Crippen molar-refractivity contribution in [3.63, 3.8) is 0 Å². The lowest BCUT2D eigenvalue weighted by Gasteiger charge is -2.19. The minimum atomic E-state index is -1.27. The molecule has 1 saturated carbocycles. The molecule has 108 valence electrons. The summed E-state index contributed by atoms with van der Waals surface area (Å²) in [6.45, 7) is 0. The van der Waals surface area contributed by atoms with Crippen LogP contribution < -0.4 is 16.4 Å². The van der Waals surface area contributed by atoms with Gasteiger partial charge >= 0.3 is 12.0 Å². The van der Waals surface area contributed by atoms with E-state index in [9.17, 15) is 14.4 Å². The second kappa shape index (κ2) is 7.60. The van der Waals surface area contributed by atoms with Crippen LogP contribution >= 0.6 is 0 Å². The number of carboxylic acid groups (broad SMARTS) is 1. The number of carboxylic acids is 1. The molecule has 1 aliphatic carbocycles. The van der Waals surface area contributed by atoms with Crippen molar-refractivity contribution in [2.24, 2.45) is 5.73 Å². The summed E-state index contributed by atoms with van der Waals surface area (Å²) >= 11 is 0. The van der Waals surface area contributed by atoms with Crippen LogP contribution in [0.25, 0.3) is 0 Å². The quantitative estimate of drug-likeness (QED) is 0.538. The summed E-state index contributed by atoms with van der Waals surface area (Å²) in [6, 6.07) is -1.76. The lowest BCUT2D eigenvalue weighted by molar-refractivity contribution is -0.140. The average molecular weight is 271 g/mol. The number of hydrogen-bond acceptors (Lipinski definition) is 3. The van der Waals surface area contributed by atoms with Crippen molar-refractivity contribution < 1.29 is 19.5 Å². The van der Waals surface area contributed by atoms with E-state index >= 15 is 0 Å². The first-order chi connectivity index (χ1) is 8.99. The molecule has 0 aromatic heterocycles. The summed E-state index contributed by atoms with van der Waals surface area (Å²) in [5, 5.41) is 13.9. The first-order valence-corrected chi connectivity index (χ1v) is 6.57. The third kappa shape index (κ3) is 6.08. The van der Waals surface area contributed by atoms with Crippen molar-refractivity contribution in [2.75, 3.05) is 0 Å². The minimum absolute atomic E-state index is 0.0746. The van der Waals surface area contributed by atoms with Gasteiger partial charge in [0.25, 0.3) is 0 Å². The van der Waals surface area contributed by atoms with Crippen molar-refractivity contribution in [2.45, 2.75) is 57.0 Å². The Morgan fingerprint density at radius 1 is 1.16 bits per heavy atom. The Balaban J connectivity index is 2.42. The van der Waals surface area contributed by atoms with E-state index in [0.29, 0.717) is 0 Å². The van der Waals surface area contributed by atoms with Gasteiger partial charge in [-0.15, -0.1) is 0 Å². The topological polar surface area (TPSA) is 122 Å². The molecule has 0 spiro atoms. The zero-order valence-corrected chi connectivity index (χ0v) is 10.9. The van der Waals surface area contributed by atoms with Crippen LogP contribution in [-0.4, -0.2) is 35.1 Å². The molecule has 1 unspecified atom stereocenters. The zero-order chi connectivity index (χ0) is 14.3. The standard InChI is InChI=1S/C12H21N3O4/c13-10(16)7-9(11(17)18)15-12(19)14-8-5-3-1-2-4-6-8/h8-9H,1-7H2,(H2,13,16)(H,17,18)(H2,14,15,19). The number of nitrogens with one attached hydrogen (secondary N) is 2. The van der Waals surface area contributed by atoms with Crippen LogP contribution in [0.3, 0.4) is 0 Å². The van der Waals surface area contributed by atoms with Crippen molar-refractivity contribution in [3.05, 3.63) is 0 Å². The maximum atomic E-state index is 11.7. The number of carbonyl (C=O) groups is 3. The molecular formula is C12H21N3O4. The molecule has 19 heavy (non-hydrogen) atoms. The maximum Gasteiger partial charge on any atom is 0.326 e. The molecule has 1 aliphatic rings. The van der Waals surface area contributed by atoms with Gasteiger partial charge in [-0.2, -0.15) is 0 Å². The van der Waals surface area contributed by atoms with E-state index in [2.05, 4.69) is 10.6 Å². The number of nitrogens with two attached hydrogens (primary N) is 1. The Morgan fingerprint density at radius 2 is 1.74 bits per heavy atom. The summed E-state index contributed by atoms with van der Waals surface area (Å²) in [6.07, 6.45) is 5.86. The van der Waals surface area contributed by atoms with Crippen LogP contribution in [0.5, 0.6) is 0 Å². The number of urea groups is 1.